The molecule has 3 rings (SSSR count). The number of halogens is 2. The molecule has 1 heterocycles. The van der Waals surface area contributed by atoms with Crippen molar-refractivity contribution in [2.75, 3.05) is 0 Å². The number of quaternary nitrogens is 1. The predicted molar refractivity (Wildman–Crippen MR) is 80.1 cm³/mol. The normalized spacial score (nSPS) is 12.3. The molecule has 0 aliphatic heterocycles. The van der Waals surface area contributed by atoms with Crippen molar-refractivity contribution in [1.29, 1.82) is 0 Å². The highest BCUT2D eigenvalue weighted by Crippen LogP contribution is 2.15. The predicted octanol–water partition coefficient (Wildman–Crippen LogP) is 2.84. The molecule has 1 aromatic heterocycles. The zero-order chi connectivity index (χ0) is 16.2. The fourth-order valence-electron chi connectivity index (χ4n) is 2.25. The van der Waals surface area contributed by atoms with Crippen molar-refractivity contribution in [3.05, 3.63) is 71.6 Å². The fourth-order valence-corrected chi connectivity index (χ4v) is 2.25. The lowest BCUT2D eigenvalue weighted by molar-refractivity contribution is -0.710. The van der Waals surface area contributed by atoms with Gasteiger partial charge in [-0.2, -0.15) is 4.98 Å². The first-order valence-electron chi connectivity index (χ1n) is 7.30. The Morgan fingerprint density at radius 3 is 2.61 bits per heavy atom. The van der Waals surface area contributed by atoms with Crippen LogP contribution in [0, 0.1) is 11.6 Å². The number of aromatic nitrogens is 2. The Kier molecular flexibility index (Phi) is 4.43. The summed E-state index contributed by atoms with van der Waals surface area (Å²) < 4.78 is 31.4. The Morgan fingerprint density at radius 1 is 1.09 bits per heavy atom. The molecule has 0 radical (unpaired) electrons. The van der Waals surface area contributed by atoms with Gasteiger partial charge >= 0.3 is 0 Å². The van der Waals surface area contributed by atoms with Gasteiger partial charge in [-0.25, -0.2) is 8.78 Å². The molecule has 0 saturated heterocycles. The van der Waals surface area contributed by atoms with Crippen LogP contribution in [0.25, 0.3) is 11.4 Å². The minimum absolute atomic E-state index is 0.0582. The van der Waals surface area contributed by atoms with Crippen molar-refractivity contribution < 1.29 is 18.6 Å². The number of hydrogen-bond acceptors (Lipinski definition) is 3. The molecule has 0 amide bonds. The minimum atomic E-state index is -0.842. The molecule has 4 nitrogen and oxygen atoms in total. The maximum absolute atomic E-state index is 13.3. The van der Waals surface area contributed by atoms with Crippen molar-refractivity contribution in [2.45, 2.75) is 19.5 Å². The van der Waals surface area contributed by atoms with Gasteiger partial charge in [0.15, 0.2) is 18.2 Å². The van der Waals surface area contributed by atoms with Crippen LogP contribution < -0.4 is 5.32 Å². The Morgan fingerprint density at radius 2 is 1.87 bits per heavy atom. The van der Waals surface area contributed by atoms with E-state index in [1.165, 1.54) is 6.07 Å². The summed E-state index contributed by atoms with van der Waals surface area (Å²) in [5.74, 6) is -0.662. The van der Waals surface area contributed by atoms with Crippen LogP contribution in [-0.2, 0) is 6.54 Å². The molecule has 0 bridgehead atoms. The summed E-state index contributed by atoms with van der Waals surface area (Å²) in [6.07, 6.45) is 0. The number of hydrogen-bond donors (Lipinski definition) is 1. The van der Waals surface area contributed by atoms with Crippen molar-refractivity contribution >= 4 is 0 Å². The van der Waals surface area contributed by atoms with Gasteiger partial charge in [-0.3, -0.25) is 0 Å². The lowest BCUT2D eigenvalue weighted by Gasteiger charge is -2.09. The van der Waals surface area contributed by atoms with Crippen molar-refractivity contribution in [3.8, 4) is 11.4 Å². The molecule has 0 spiro atoms. The van der Waals surface area contributed by atoms with E-state index in [0.717, 1.165) is 11.6 Å². The van der Waals surface area contributed by atoms with Crippen molar-refractivity contribution in [1.82, 2.24) is 10.1 Å². The summed E-state index contributed by atoms with van der Waals surface area (Å²) in [5.41, 5.74) is 1.59. The van der Waals surface area contributed by atoms with Gasteiger partial charge in [-0.15, -0.1) is 0 Å². The topological polar surface area (TPSA) is 55.5 Å². The SMILES string of the molecule is C[C@H]([NH2+]Cc1nc(-c2ccccc2)no1)c1ccc(F)c(F)c1. The van der Waals surface area contributed by atoms with E-state index >= 15 is 0 Å². The molecule has 0 saturated carbocycles. The molecular weight excluding hydrogens is 300 g/mol. The van der Waals surface area contributed by atoms with E-state index in [1.807, 2.05) is 42.6 Å². The van der Waals surface area contributed by atoms with E-state index in [9.17, 15) is 8.78 Å². The lowest BCUT2D eigenvalue weighted by Crippen LogP contribution is -2.83. The molecule has 23 heavy (non-hydrogen) atoms. The first-order valence-corrected chi connectivity index (χ1v) is 7.30. The highest BCUT2D eigenvalue weighted by molar-refractivity contribution is 5.53. The average Bonchev–Trinajstić information content (AvgIpc) is 3.05. The molecule has 0 aliphatic carbocycles. The van der Waals surface area contributed by atoms with E-state index in [1.54, 1.807) is 6.07 Å². The quantitative estimate of drug-likeness (QED) is 0.787. The molecule has 1 atom stereocenters. The van der Waals surface area contributed by atoms with Gasteiger partial charge in [0, 0.05) is 11.1 Å². The maximum Gasteiger partial charge on any atom is 0.282 e. The third-order valence-electron chi connectivity index (χ3n) is 3.62. The molecule has 3 aromatic rings. The third kappa shape index (κ3) is 3.60. The van der Waals surface area contributed by atoms with Gasteiger partial charge in [-0.05, 0) is 25.1 Å². The Bertz CT molecular complexity index is 790. The van der Waals surface area contributed by atoms with E-state index in [4.69, 9.17) is 4.52 Å². The summed E-state index contributed by atoms with van der Waals surface area (Å²) in [4.78, 5) is 4.33. The van der Waals surface area contributed by atoms with Crippen LogP contribution in [0.15, 0.2) is 53.1 Å². The lowest BCUT2D eigenvalue weighted by atomic mass is 10.1. The summed E-state index contributed by atoms with van der Waals surface area (Å²) in [5, 5.41) is 5.87. The third-order valence-corrected chi connectivity index (χ3v) is 3.62. The minimum Gasteiger partial charge on any atom is -0.333 e. The number of benzene rings is 2. The molecule has 6 heteroatoms. The van der Waals surface area contributed by atoms with E-state index in [-0.39, 0.29) is 6.04 Å². The van der Waals surface area contributed by atoms with Crippen LogP contribution in [0.3, 0.4) is 0 Å². The van der Waals surface area contributed by atoms with Crippen molar-refractivity contribution in [3.63, 3.8) is 0 Å². The van der Waals surface area contributed by atoms with E-state index < -0.39 is 11.6 Å². The molecule has 0 fully saturated rings. The van der Waals surface area contributed by atoms with Gasteiger partial charge in [0.25, 0.3) is 5.89 Å². The molecular formula is C17H16F2N3O+. The van der Waals surface area contributed by atoms with Gasteiger partial charge in [0.05, 0.1) is 0 Å². The highest BCUT2D eigenvalue weighted by Gasteiger charge is 2.15. The maximum atomic E-state index is 13.3. The second-order valence-corrected chi connectivity index (χ2v) is 5.28. The highest BCUT2D eigenvalue weighted by atomic mass is 19.2. The summed E-state index contributed by atoms with van der Waals surface area (Å²) >= 11 is 0. The fraction of sp³-hybridized carbons (Fsp3) is 0.176. The van der Waals surface area contributed by atoms with Crippen LogP contribution >= 0.6 is 0 Å². The number of nitrogens with two attached hydrogens (primary N) is 1. The van der Waals surface area contributed by atoms with Gasteiger partial charge < -0.3 is 9.84 Å². The second-order valence-electron chi connectivity index (χ2n) is 5.28. The van der Waals surface area contributed by atoms with Crippen LogP contribution in [0.1, 0.15) is 24.4 Å². The zero-order valence-corrected chi connectivity index (χ0v) is 12.5. The standard InChI is InChI=1S/C17H15F2N3O/c1-11(13-7-8-14(18)15(19)9-13)20-10-16-21-17(22-23-16)12-5-3-2-4-6-12/h2-9,11,20H,10H2,1H3/p+1/t11-/m0/s1. The smallest absolute Gasteiger partial charge is 0.282 e. The van der Waals surface area contributed by atoms with Gasteiger partial charge in [0.1, 0.15) is 6.04 Å². The van der Waals surface area contributed by atoms with Gasteiger partial charge in [0.2, 0.25) is 5.82 Å². The summed E-state index contributed by atoms with van der Waals surface area (Å²) in [6.45, 7) is 2.36. The first kappa shape index (κ1) is 15.3. The van der Waals surface area contributed by atoms with Crippen LogP contribution in [-0.4, -0.2) is 10.1 Å². The molecule has 2 aromatic carbocycles. The largest absolute Gasteiger partial charge is 0.333 e. The van der Waals surface area contributed by atoms with Crippen molar-refractivity contribution in [2.24, 2.45) is 0 Å². The first-order chi connectivity index (χ1) is 11.1. The molecule has 0 aliphatic rings. The monoisotopic (exact) mass is 316 g/mol. The van der Waals surface area contributed by atoms with Gasteiger partial charge in [-0.1, -0.05) is 35.5 Å². The second kappa shape index (κ2) is 6.66. The summed E-state index contributed by atoms with van der Waals surface area (Å²) in [6, 6.07) is 13.4. The molecule has 2 N–H and O–H groups in total. The van der Waals surface area contributed by atoms with E-state index in [2.05, 4.69) is 10.1 Å². The number of rotatable bonds is 5. The Labute approximate surface area is 132 Å². The molecule has 118 valence electrons. The molecule has 0 unspecified atom stereocenters. The van der Waals surface area contributed by atoms with E-state index in [0.29, 0.717) is 23.8 Å². The summed E-state index contributed by atoms with van der Waals surface area (Å²) in [7, 11) is 0. The van der Waals surface area contributed by atoms with Crippen LogP contribution in [0.5, 0.6) is 0 Å². The number of nitrogens with zero attached hydrogens (tertiary/aromatic N) is 2. The Hall–Kier alpha value is -2.60. The van der Waals surface area contributed by atoms with Crippen LogP contribution in [0.4, 0.5) is 8.78 Å². The Balaban J connectivity index is 1.64. The zero-order valence-electron chi connectivity index (χ0n) is 12.5. The van der Waals surface area contributed by atoms with Crippen LogP contribution in [0.2, 0.25) is 0 Å². The average molecular weight is 316 g/mol.